The number of nitrogens with zero attached hydrogens (tertiary/aromatic N) is 2. The van der Waals surface area contributed by atoms with Gasteiger partial charge in [-0.15, -0.1) is 0 Å². The number of primary amides is 1. The maximum atomic E-state index is 11.7. The number of hydrogen-bond donors (Lipinski definition) is 2. The molecule has 0 aliphatic carbocycles. The molecule has 0 saturated carbocycles. The summed E-state index contributed by atoms with van der Waals surface area (Å²) >= 11 is 0. The lowest BCUT2D eigenvalue weighted by atomic mass is 10.0. The van der Waals surface area contributed by atoms with Gasteiger partial charge < -0.3 is 10.8 Å². The fraction of sp³-hybridized carbons (Fsp3) is 0.130. The third-order valence-corrected chi connectivity index (χ3v) is 5.61. The summed E-state index contributed by atoms with van der Waals surface area (Å²) in [6.07, 6.45) is 1.61. The molecule has 3 rings (SSSR count). The highest BCUT2D eigenvalue weighted by Gasteiger charge is 2.16. The third kappa shape index (κ3) is 4.58. The summed E-state index contributed by atoms with van der Waals surface area (Å²) in [4.78, 5) is 12.3. The highest BCUT2D eigenvalue weighted by Crippen LogP contribution is 2.36. The molecule has 30 heavy (non-hydrogen) atoms. The van der Waals surface area contributed by atoms with E-state index in [-0.39, 0.29) is 11.5 Å². The highest BCUT2D eigenvalue weighted by atomic mass is 32.2. The Kier molecular flexibility index (Phi) is 6.32. The Balaban J connectivity index is 2.17. The molecular weight excluding hydrogens is 398 g/mol. The summed E-state index contributed by atoms with van der Waals surface area (Å²) in [5, 5.41) is 16.3. The zero-order chi connectivity index (χ0) is 21.8. The first-order chi connectivity index (χ1) is 14.3. The van der Waals surface area contributed by atoms with E-state index in [0.717, 1.165) is 16.8 Å². The Bertz CT molecular complexity index is 1140. The van der Waals surface area contributed by atoms with Crippen LogP contribution >= 0.6 is 0 Å². The van der Waals surface area contributed by atoms with Crippen LogP contribution in [0, 0.1) is 6.92 Å². The van der Waals surface area contributed by atoms with E-state index in [1.54, 1.807) is 54.6 Å². The average Bonchev–Trinajstić information content (AvgIpc) is 2.73. The third-order valence-electron chi connectivity index (χ3n) is 4.67. The predicted octanol–water partition coefficient (Wildman–Crippen LogP) is 4.10. The lowest BCUT2D eigenvalue weighted by molar-refractivity contribution is -0.112. The minimum Gasteiger partial charge on any atom is -0.507 e. The summed E-state index contributed by atoms with van der Waals surface area (Å²) in [5.74, 6) is -0.453. The van der Waals surface area contributed by atoms with Crippen molar-refractivity contribution in [2.24, 2.45) is 10.8 Å². The number of nitrogens with two attached hydrogens (primary N) is 1. The molecule has 3 aromatic carbocycles. The Morgan fingerprint density at radius 3 is 2.33 bits per heavy atom. The molecule has 0 aliphatic heterocycles. The van der Waals surface area contributed by atoms with Crippen molar-refractivity contribution in [3.63, 3.8) is 0 Å². The van der Waals surface area contributed by atoms with Crippen LogP contribution in [0.25, 0.3) is 11.1 Å². The zero-order valence-corrected chi connectivity index (χ0v) is 17.8. The number of amides is 1. The molecule has 0 fully saturated rings. The summed E-state index contributed by atoms with van der Waals surface area (Å²) < 4.78 is 11.7. The summed E-state index contributed by atoms with van der Waals surface area (Å²) in [7, 11) is -1.10. The number of carbonyl (C=O) groups excluding carboxylic acids is 1. The lowest BCUT2D eigenvalue weighted by Gasteiger charge is -2.23. The normalized spacial score (nSPS) is 12.4. The maximum Gasteiger partial charge on any atom is 0.264 e. The van der Waals surface area contributed by atoms with Crippen molar-refractivity contribution in [3.8, 4) is 16.9 Å². The van der Waals surface area contributed by atoms with Crippen molar-refractivity contribution in [1.82, 2.24) is 0 Å². The SMILES string of the molecule is C/C(=N\N(c1ccc(S(C)=O)cc1)c1cc(-c2ccccc2O)ccc1C)C(N)=O. The van der Waals surface area contributed by atoms with E-state index in [0.29, 0.717) is 16.1 Å². The van der Waals surface area contributed by atoms with E-state index in [9.17, 15) is 14.1 Å². The molecule has 1 atom stereocenters. The van der Waals surface area contributed by atoms with Gasteiger partial charge >= 0.3 is 0 Å². The Hall–Kier alpha value is -3.45. The first kappa shape index (κ1) is 21.3. The fourth-order valence-electron chi connectivity index (χ4n) is 2.95. The van der Waals surface area contributed by atoms with Gasteiger partial charge in [0, 0.05) is 27.5 Å². The molecule has 0 aromatic heterocycles. The van der Waals surface area contributed by atoms with Crippen LogP contribution in [0.2, 0.25) is 0 Å². The summed E-state index contributed by atoms with van der Waals surface area (Å²) in [6.45, 7) is 3.48. The van der Waals surface area contributed by atoms with Gasteiger partial charge in [-0.25, -0.2) is 5.01 Å². The first-order valence-electron chi connectivity index (χ1n) is 9.25. The van der Waals surface area contributed by atoms with E-state index >= 15 is 0 Å². The second-order valence-corrected chi connectivity index (χ2v) is 8.21. The van der Waals surface area contributed by atoms with Gasteiger partial charge in [-0.3, -0.25) is 9.00 Å². The minimum atomic E-state index is -1.10. The molecule has 0 heterocycles. The number of hydrazone groups is 1. The molecule has 1 unspecified atom stereocenters. The number of aryl methyl sites for hydroxylation is 1. The summed E-state index contributed by atoms with van der Waals surface area (Å²) in [6, 6.07) is 19.9. The van der Waals surface area contributed by atoms with Gasteiger partial charge in [0.2, 0.25) is 0 Å². The number of benzene rings is 3. The number of anilines is 2. The van der Waals surface area contributed by atoms with Gasteiger partial charge in [0.1, 0.15) is 11.5 Å². The fourth-order valence-corrected chi connectivity index (χ4v) is 3.47. The van der Waals surface area contributed by atoms with Gasteiger partial charge in [0.05, 0.1) is 11.4 Å². The Labute approximate surface area is 178 Å². The Morgan fingerprint density at radius 2 is 1.73 bits per heavy atom. The molecule has 3 N–H and O–H groups in total. The molecule has 3 aromatic rings. The van der Waals surface area contributed by atoms with Crippen LogP contribution in [0.1, 0.15) is 12.5 Å². The van der Waals surface area contributed by atoms with Gasteiger partial charge in [-0.2, -0.15) is 5.10 Å². The van der Waals surface area contributed by atoms with Gasteiger partial charge in [-0.05, 0) is 61.4 Å². The predicted molar refractivity (Wildman–Crippen MR) is 121 cm³/mol. The molecular formula is C23H23N3O3S. The molecule has 0 spiro atoms. The number of carbonyl (C=O) groups is 1. The van der Waals surface area contributed by atoms with Crippen LogP contribution in [-0.2, 0) is 15.6 Å². The van der Waals surface area contributed by atoms with Gasteiger partial charge in [0.25, 0.3) is 5.91 Å². The van der Waals surface area contributed by atoms with E-state index in [1.807, 2.05) is 37.3 Å². The number of para-hydroxylation sites is 1. The molecule has 7 heteroatoms. The number of rotatable bonds is 6. The van der Waals surface area contributed by atoms with Gasteiger partial charge in [0.15, 0.2) is 0 Å². The van der Waals surface area contributed by atoms with Crippen molar-refractivity contribution in [2.45, 2.75) is 18.7 Å². The largest absolute Gasteiger partial charge is 0.507 e. The zero-order valence-electron chi connectivity index (χ0n) is 17.0. The van der Waals surface area contributed by atoms with Crippen LogP contribution in [0.5, 0.6) is 5.75 Å². The number of phenolic OH excluding ortho intramolecular Hbond substituents is 1. The maximum absolute atomic E-state index is 11.7. The van der Waals surface area contributed by atoms with Crippen LogP contribution < -0.4 is 10.7 Å². The molecule has 0 bridgehead atoms. The second-order valence-electron chi connectivity index (χ2n) is 6.83. The molecule has 0 saturated heterocycles. The van der Waals surface area contributed by atoms with Crippen molar-refractivity contribution >= 4 is 33.8 Å². The van der Waals surface area contributed by atoms with Crippen LogP contribution in [0.4, 0.5) is 11.4 Å². The Morgan fingerprint density at radius 1 is 1.07 bits per heavy atom. The van der Waals surface area contributed by atoms with Crippen LogP contribution in [-0.4, -0.2) is 27.2 Å². The highest BCUT2D eigenvalue weighted by molar-refractivity contribution is 7.84. The van der Waals surface area contributed by atoms with Gasteiger partial charge in [-0.1, -0.05) is 30.3 Å². The van der Waals surface area contributed by atoms with Crippen LogP contribution in [0.15, 0.2) is 76.7 Å². The quantitative estimate of drug-likeness (QED) is 0.463. The monoisotopic (exact) mass is 421 g/mol. The molecule has 0 radical (unpaired) electrons. The lowest BCUT2D eigenvalue weighted by Crippen LogP contribution is -2.24. The van der Waals surface area contributed by atoms with E-state index in [1.165, 1.54) is 0 Å². The molecule has 154 valence electrons. The first-order valence-corrected chi connectivity index (χ1v) is 10.8. The van der Waals surface area contributed by atoms with E-state index < -0.39 is 16.7 Å². The minimum absolute atomic E-state index is 0.144. The second kappa shape index (κ2) is 8.92. The van der Waals surface area contributed by atoms with Crippen molar-refractivity contribution < 1.29 is 14.1 Å². The molecule has 0 aliphatic rings. The molecule has 1 amide bonds. The average molecular weight is 422 g/mol. The number of phenols is 1. The standard InChI is InChI=1S/C23H23N3O3S/c1-15-8-9-17(20-6-4-5-7-22(20)27)14-21(15)26(25-16(2)23(24)28)18-10-12-19(13-11-18)30(3)29/h4-14,27H,1-3H3,(H2,24,28)/b25-16+. The van der Waals surface area contributed by atoms with E-state index in [4.69, 9.17) is 5.73 Å². The molecule has 6 nitrogen and oxygen atoms in total. The van der Waals surface area contributed by atoms with E-state index in [2.05, 4.69) is 5.10 Å². The smallest absolute Gasteiger partial charge is 0.264 e. The van der Waals surface area contributed by atoms with Crippen molar-refractivity contribution in [2.75, 3.05) is 11.3 Å². The topological polar surface area (TPSA) is 96.0 Å². The summed E-state index contributed by atoms with van der Waals surface area (Å²) in [5.41, 5.74) is 9.37. The van der Waals surface area contributed by atoms with Crippen molar-refractivity contribution in [3.05, 3.63) is 72.3 Å². The number of hydrogen-bond acceptors (Lipinski definition) is 5. The van der Waals surface area contributed by atoms with Crippen LogP contribution in [0.3, 0.4) is 0 Å². The van der Waals surface area contributed by atoms with Crippen molar-refractivity contribution in [1.29, 1.82) is 0 Å². The number of aromatic hydroxyl groups is 1.